The molecule has 40 heavy (non-hydrogen) atoms. The van der Waals surface area contributed by atoms with Gasteiger partial charge in [0.2, 0.25) is 0 Å². The number of piperidine rings is 1. The minimum Gasteiger partial charge on any atom is -0.396 e. The normalized spacial score (nSPS) is 23.9. The quantitative estimate of drug-likeness (QED) is 0.180. The van der Waals surface area contributed by atoms with Crippen LogP contribution in [0.5, 0.6) is 0 Å². The second-order valence-corrected chi connectivity index (χ2v) is 19.5. The number of nitrogens with zero attached hydrogens (tertiary/aromatic N) is 4. The van der Waals surface area contributed by atoms with Crippen molar-refractivity contribution in [2.75, 3.05) is 31.2 Å². The maximum absolute atomic E-state index is 14.0. The van der Waals surface area contributed by atoms with Gasteiger partial charge in [0.05, 0.1) is 17.5 Å². The van der Waals surface area contributed by atoms with Gasteiger partial charge in [-0.25, -0.2) is 9.97 Å². The summed E-state index contributed by atoms with van der Waals surface area (Å²) in [4.78, 5) is 26.4. The number of carbonyl (C=O) groups excluding carboxylic acids is 1. The number of ketones is 1. The Kier molecular flexibility index (Phi) is 7.38. The molecule has 214 valence electrons. The van der Waals surface area contributed by atoms with Gasteiger partial charge in [-0.3, -0.25) is 4.79 Å². The van der Waals surface area contributed by atoms with Crippen molar-refractivity contribution in [3.8, 4) is 11.3 Å². The average Bonchev–Trinajstić information content (AvgIpc) is 3.24. The molecule has 6 rings (SSSR count). The van der Waals surface area contributed by atoms with Gasteiger partial charge in [-0.15, -0.1) is 0 Å². The molecular weight excluding hydrogens is 516 g/mol. The van der Waals surface area contributed by atoms with E-state index in [0.717, 1.165) is 56.1 Å². The number of benzene rings is 1. The van der Waals surface area contributed by atoms with Gasteiger partial charge < -0.3 is 19.3 Å². The lowest BCUT2D eigenvalue weighted by Gasteiger charge is -2.31. The first-order chi connectivity index (χ1) is 19.2. The monoisotopic (exact) mass is 560 g/mol. The van der Waals surface area contributed by atoms with E-state index in [1.807, 2.05) is 17.0 Å². The molecule has 3 aliphatic rings. The fraction of sp³-hybridized carbons (Fsp3) is 0.594. The molecular formula is C32H44N4O3Si. The summed E-state index contributed by atoms with van der Waals surface area (Å²) in [6.07, 6.45) is 9.03. The van der Waals surface area contributed by atoms with Crippen molar-refractivity contribution in [1.82, 2.24) is 14.5 Å². The smallest absolute Gasteiger partial charge is 0.172 e. The highest BCUT2D eigenvalue weighted by molar-refractivity contribution is 6.76. The number of aliphatic hydroxyl groups excluding tert-OH is 1. The van der Waals surface area contributed by atoms with Crippen molar-refractivity contribution in [3.05, 3.63) is 42.2 Å². The summed E-state index contributed by atoms with van der Waals surface area (Å²) in [7, 11) is -1.19. The maximum atomic E-state index is 14.0. The Hall–Kier alpha value is -2.55. The largest absolute Gasteiger partial charge is 0.396 e. The number of ether oxygens (including phenoxy) is 1. The minimum atomic E-state index is -1.19. The lowest BCUT2D eigenvalue weighted by molar-refractivity contribution is 0.0747. The second-order valence-electron chi connectivity index (χ2n) is 13.9. The third kappa shape index (κ3) is 5.38. The molecule has 0 radical (unpaired) electrons. The first-order valence-electron chi connectivity index (χ1n) is 15.1. The van der Waals surface area contributed by atoms with E-state index in [2.05, 4.69) is 55.7 Å². The van der Waals surface area contributed by atoms with E-state index >= 15 is 0 Å². The Morgan fingerprint density at radius 2 is 1.90 bits per heavy atom. The van der Waals surface area contributed by atoms with Gasteiger partial charge in [0.25, 0.3) is 0 Å². The number of aliphatic hydroxyl groups is 1. The lowest BCUT2D eigenvalue weighted by atomic mass is 9.71. The standard InChI is InChI=1S/C32H44N4O3Si/c1-32(11-6-5-7-12-32)30(38)26-19-36(21-39-13-14-40(2,3)4)31-29(26)34-28(16-33-31)22-9-8-10-23(15-22)35-17-24-25(18-35)27(24)20-37/h8-10,15-16,19,24-25,27,37H,5-7,11-14,17-18,20-21H2,1-4H3/t24-,25+,27-. The zero-order valence-electron chi connectivity index (χ0n) is 24.5. The Morgan fingerprint density at radius 3 is 2.60 bits per heavy atom. The number of hydrogen-bond donors (Lipinski definition) is 1. The van der Waals surface area contributed by atoms with Crippen LogP contribution in [0, 0.1) is 23.2 Å². The van der Waals surface area contributed by atoms with E-state index in [-0.39, 0.29) is 11.2 Å². The van der Waals surface area contributed by atoms with Crippen molar-refractivity contribution in [2.24, 2.45) is 23.2 Å². The molecule has 2 aromatic heterocycles. The Bertz CT molecular complexity index is 1380. The van der Waals surface area contributed by atoms with E-state index in [0.29, 0.717) is 54.4 Å². The number of fused-ring (bicyclic) bond motifs is 2. The van der Waals surface area contributed by atoms with Crippen LogP contribution in [-0.4, -0.2) is 59.8 Å². The highest BCUT2D eigenvalue weighted by Gasteiger charge is 2.55. The fourth-order valence-corrected chi connectivity index (χ4v) is 7.63. The molecule has 2 aliphatic carbocycles. The molecule has 1 aliphatic heterocycles. The molecule has 8 heteroatoms. The molecule has 2 saturated carbocycles. The van der Waals surface area contributed by atoms with Crippen molar-refractivity contribution >= 4 is 30.7 Å². The Labute approximate surface area is 239 Å². The van der Waals surface area contributed by atoms with E-state index < -0.39 is 8.07 Å². The molecule has 7 nitrogen and oxygen atoms in total. The predicted octanol–water partition coefficient (Wildman–Crippen LogP) is 6.24. The molecule has 1 saturated heterocycles. The predicted molar refractivity (Wildman–Crippen MR) is 162 cm³/mol. The van der Waals surface area contributed by atoms with E-state index in [1.54, 1.807) is 0 Å². The van der Waals surface area contributed by atoms with Crippen LogP contribution in [0.3, 0.4) is 0 Å². The number of rotatable bonds is 10. The fourth-order valence-electron chi connectivity index (χ4n) is 6.87. The highest BCUT2D eigenvalue weighted by atomic mass is 28.3. The van der Waals surface area contributed by atoms with Crippen LogP contribution in [0.4, 0.5) is 5.69 Å². The molecule has 1 aromatic carbocycles. The molecule has 0 bridgehead atoms. The molecule has 3 aromatic rings. The second kappa shape index (κ2) is 10.7. The van der Waals surface area contributed by atoms with Crippen LogP contribution in [0.1, 0.15) is 49.4 Å². The lowest BCUT2D eigenvalue weighted by Crippen LogP contribution is -2.30. The Balaban J connectivity index is 1.30. The highest BCUT2D eigenvalue weighted by Crippen LogP contribution is 2.52. The third-order valence-corrected chi connectivity index (χ3v) is 11.3. The van der Waals surface area contributed by atoms with Crippen molar-refractivity contribution in [2.45, 2.75) is 71.4 Å². The topological polar surface area (TPSA) is 80.5 Å². The van der Waals surface area contributed by atoms with Crippen LogP contribution in [0.25, 0.3) is 22.4 Å². The van der Waals surface area contributed by atoms with Crippen molar-refractivity contribution in [1.29, 1.82) is 0 Å². The van der Waals surface area contributed by atoms with Gasteiger partial charge in [0.1, 0.15) is 12.2 Å². The van der Waals surface area contributed by atoms with Gasteiger partial charge in [0.15, 0.2) is 11.4 Å². The van der Waals surface area contributed by atoms with Crippen LogP contribution >= 0.6 is 0 Å². The summed E-state index contributed by atoms with van der Waals surface area (Å²) in [5.74, 6) is 1.91. The van der Waals surface area contributed by atoms with Crippen molar-refractivity contribution < 1.29 is 14.6 Å². The molecule has 3 fully saturated rings. The third-order valence-electron chi connectivity index (χ3n) is 9.63. The summed E-state index contributed by atoms with van der Waals surface area (Å²) < 4.78 is 8.05. The van der Waals surface area contributed by atoms with Crippen LogP contribution in [-0.2, 0) is 11.5 Å². The summed E-state index contributed by atoms with van der Waals surface area (Å²) in [5, 5.41) is 9.54. The number of carbonyl (C=O) groups is 1. The van der Waals surface area contributed by atoms with Gasteiger partial charge in [-0.2, -0.15) is 0 Å². The first-order valence-corrected chi connectivity index (χ1v) is 18.8. The number of Topliss-reactive ketones (excluding diaryl/α,β-unsaturated/α-hetero) is 1. The van der Waals surface area contributed by atoms with Crippen LogP contribution in [0.15, 0.2) is 36.7 Å². The zero-order valence-corrected chi connectivity index (χ0v) is 25.5. The maximum Gasteiger partial charge on any atom is 0.172 e. The summed E-state index contributed by atoms with van der Waals surface area (Å²) >= 11 is 0. The van der Waals surface area contributed by atoms with Gasteiger partial charge in [-0.05, 0) is 48.8 Å². The summed E-state index contributed by atoms with van der Waals surface area (Å²) in [6.45, 7) is 12.6. The molecule has 0 spiro atoms. The minimum absolute atomic E-state index is 0.188. The SMILES string of the molecule is CC1(C(=O)c2cn(COCC[Si](C)(C)C)c3ncc(-c4cccc(N5C[C@@H]6[C@H](CO)[C@@H]6C5)c4)nc23)CCCCC1. The molecule has 3 heterocycles. The number of anilines is 1. The van der Waals surface area contributed by atoms with E-state index in [1.165, 1.54) is 12.1 Å². The first kappa shape index (κ1) is 27.6. The van der Waals surface area contributed by atoms with E-state index in [4.69, 9.17) is 14.7 Å². The summed E-state index contributed by atoms with van der Waals surface area (Å²) in [5.41, 5.74) is 4.69. The zero-order chi connectivity index (χ0) is 28.1. The van der Waals surface area contributed by atoms with E-state index in [9.17, 15) is 9.90 Å². The average molecular weight is 561 g/mol. The molecule has 0 amide bonds. The molecule has 1 N–H and O–H groups in total. The molecule has 3 atom stereocenters. The van der Waals surface area contributed by atoms with Gasteiger partial charge >= 0.3 is 0 Å². The number of aromatic nitrogens is 3. The molecule has 0 unspecified atom stereocenters. The Morgan fingerprint density at radius 1 is 1.15 bits per heavy atom. The van der Waals surface area contributed by atoms with Crippen molar-refractivity contribution in [3.63, 3.8) is 0 Å². The summed E-state index contributed by atoms with van der Waals surface area (Å²) in [6, 6.07) is 9.60. The van der Waals surface area contributed by atoms with Crippen LogP contribution < -0.4 is 4.90 Å². The number of hydrogen-bond acceptors (Lipinski definition) is 6. The van der Waals surface area contributed by atoms with Crippen LogP contribution in [0.2, 0.25) is 25.7 Å². The van der Waals surface area contributed by atoms with Gasteiger partial charge in [0, 0.05) is 57.2 Å². The van der Waals surface area contributed by atoms with Gasteiger partial charge in [-0.1, -0.05) is 58.0 Å².